The lowest BCUT2D eigenvalue weighted by Gasteiger charge is -2.09. The van der Waals surface area contributed by atoms with Crippen LogP contribution in [0, 0.1) is 0 Å². The molecule has 180 valence electrons. The molecule has 1 heterocycles. The predicted octanol–water partition coefficient (Wildman–Crippen LogP) is 3.63. The maximum absolute atomic E-state index is 12.9. The highest BCUT2D eigenvalue weighted by Crippen LogP contribution is 2.23. The predicted molar refractivity (Wildman–Crippen MR) is 131 cm³/mol. The van der Waals surface area contributed by atoms with Gasteiger partial charge in [0.2, 0.25) is 10.0 Å². The Bertz CT molecular complexity index is 1370. The first-order valence-electron chi connectivity index (χ1n) is 10.9. The lowest BCUT2D eigenvalue weighted by molar-refractivity contribution is -0.142. The van der Waals surface area contributed by atoms with Crippen LogP contribution in [0.25, 0.3) is 11.3 Å². The molecule has 0 aliphatic heterocycles. The second kappa shape index (κ2) is 11.0. The van der Waals surface area contributed by atoms with Gasteiger partial charge in [-0.25, -0.2) is 17.9 Å². The molecule has 0 fully saturated rings. The molecular weight excluding hydrogens is 466 g/mol. The second-order valence-electron chi connectivity index (χ2n) is 7.71. The number of nitrogens with zero attached hydrogens (tertiary/aromatic N) is 2. The van der Waals surface area contributed by atoms with Gasteiger partial charge in [0.05, 0.1) is 24.2 Å². The zero-order valence-electron chi connectivity index (χ0n) is 19.1. The quantitative estimate of drug-likeness (QED) is 0.340. The van der Waals surface area contributed by atoms with E-state index in [0.717, 1.165) is 22.4 Å². The van der Waals surface area contributed by atoms with Gasteiger partial charge in [0, 0.05) is 23.9 Å². The number of ether oxygens (including phenoxy) is 2. The molecule has 4 rings (SSSR count). The zero-order chi connectivity index (χ0) is 24.7. The van der Waals surface area contributed by atoms with Gasteiger partial charge in [0.1, 0.15) is 5.75 Å². The fraction of sp³-hybridized carbons (Fsp3) is 0.154. The molecule has 9 heteroatoms. The van der Waals surface area contributed by atoms with E-state index in [0.29, 0.717) is 12.3 Å². The topological polar surface area (TPSA) is 99.5 Å². The monoisotopic (exact) mass is 491 g/mol. The molecule has 0 unspecified atom stereocenters. The van der Waals surface area contributed by atoms with Gasteiger partial charge >= 0.3 is 5.97 Å². The molecule has 3 aromatic carbocycles. The molecule has 0 saturated heterocycles. The first kappa shape index (κ1) is 24.2. The van der Waals surface area contributed by atoms with Crippen molar-refractivity contribution in [2.45, 2.75) is 18.0 Å². The molecule has 0 aliphatic rings. The molecular formula is C26H25N3O5S. The van der Waals surface area contributed by atoms with Crippen LogP contribution in [0.3, 0.4) is 0 Å². The van der Waals surface area contributed by atoms with Crippen molar-refractivity contribution >= 4 is 16.0 Å². The fourth-order valence-electron chi connectivity index (χ4n) is 3.45. The molecule has 0 atom stereocenters. The van der Waals surface area contributed by atoms with Crippen LogP contribution in [0.1, 0.15) is 11.1 Å². The number of benzene rings is 3. The van der Waals surface area contributed by atoms with Crippen molar-refractivity contribution in [1.29, 1.82) is 0 Å². The Labute approximate surface area is 204 Å². The van der Waals surface area contributed by atoms with Gasteiger partial charge in [0.25, 0.3) is 0 Å². The Morgan fingerprint density at radius 3 is 2.26 bits per heavy atom. The molecule has 8 nitrogen and oxygen atoms in total. The fourth-order valence-corrected chi connectivity index (χ4v) is 4.46. The Kier molecular flexibility index (Phi) is 7.59. The Morgan fingerprint density at radius 1 is 0.943 bits per heavy atom. The Hall–Kier alpha value is -3.95. The van der Waals surface area contributed by atoms with Crippen molar-refractivity contribution < 1.29 is 22.7 Å². The summed E-state index contributed by atoms with van der Waals surface area (Å²) in [6.45, 7) is 0.387. The highest BCUT2D eigenvalue weighted by Gasteiger charge is 2.18. The zero-order valence-corrected chi connectivity index (χ0v) is 19.9. The van der Waals surface area contributed by atoms with Crippen molar-refractivity contribution in [3.63, 3.8) is 0 Å². The van der Waals surface area contributed by atoms with Crippen LogP contribution in [0.4, 0.5) is 0 Å². The largest absolute Gasteiger partial charge is 0.482 e. The third-order valence-electron chi connectivity index (χ3n) is 5.24. The third kappa shape index (κ3) is 6.34. The summed E-state index contributed by atoms with van der Waals surface area (Å²) in [5, 5.41) is 4.73. The minimum Gasteiger partial charge on any atom is -0.482 e. The minimum atomic E-state index is -3.79. The summed E-state index contributed by atoms with van der Waals surface area (Å²) in [5.41, 5.74) is 3.47. The SMILES string of the molecule is COC(=O)COc1ccc(S(=O)(=O)NCc2cn(Cc3ccccc3)nc2-c2ccccc2)cc1. The van der Waals surface area contributed by atoms with Gasteiger partial charge in [-0.1, -0.05) is 60.7 Å². The summed E-state index contributed by atoms with van der Waals surface area (Å²) in [7, 11) is -2.53. The number of hydrogen-bond acceptors (Lipinski definition) is 6. The van der Waals surface area contributed by atoms with Crippen LogP contribution in [-0.4, -0.2) is 37.9 Å². The van der Waals surface area contributed by atoms with Crippen LogP contribution in [0.15, 0.2) is 96.0 Å². The number of methoxy groups -OCH3 is 1. The molecule has 0 bridgehead atoms. The first-order valence-corrected chi connectivity index (χ1v) is 12.4. The summed E-state index contributed by atoms with van der Waals surface area (Å²) in [4.78, 5) is 11.3. The van der Waals surface area contributed by atoms with E-state index in [1.807, 2.05) is 71.5 Å². The summed E-state index contributed by atoms with van der Waals surface area (Å²) in [6.07, 6.45) is 1.86. The Morgan fingerprint density at radius 2 is 1.60 bits per heavy atom. The molecule has 35 heavy (non-hydrogen) atoms. The summed E-state index contributed by atoms with van der Waals surface area (Å²) < 4.78 is 40.1. The lowest BCUT2D eigenvalue weighted by atomic mass is 10.1. The lowest BCUT2D eigenvalue weighted by Crippen LogP contribution is -2.23. The molecule has 4 aromatic rings. The van der Waals surface area contributed by atoms with E-state index in [9.17, 15) is 13.2 Å². The number of nitrogens with one attached hydrogen (secondary N) is 1. The average Bonchev–Trinajstić information content (AvgIpc) is 3.30. The van der Waals surface area contributed by atoms with Crippen LogP contribution < -0.4 is 9.46 Å². The molecule has 1 aromatic heterocycles. The van der Waals surface area contributed by atoms with Crippen molar-refractivity contribution in [2.75, 3.05) is 13.7 Å². The molecule has 0 aliphatic carbocycles. The van der Waals surface area contributed by atoms with Gasteiger partial charge in [-0.3, -0.25) is 4.68 Å². The van der Waals surface area contributed by atoms with Crippen LogP contribution in [-0.2, 0) is 32.6 Å². The van der Waals surface area contributed by atoms with Gasteiger partial charge < -0.3 is 9.47 Å². The van der Waals surface area contributed by atoms with Crippen LogP contribution in [0.2, 0.25) is 0 Å². The van der Waals surface area contributed by atoms with Crippen LogP contribution >= 0.6 is 0 Å². The molecule has 0 saturated carbocycles. The summed E-state index contributed by atoms with van der Waals surface area (Å²) >= 11 is 0. The molecule has 0 radical (unpaired) electrons. The van der Waals surface area contributed by atoms with Gasteiger partial charge in [0.15, 0.2) is 6.61 Å². The number of aromatic nitrogens is 2. The number of sulfonamides is 1. The number of esters is 1. The Balaban J connectivity index is 1.51. The second-order valence-corrected chi connectivity index (χ2v) is 9.48. The minimum absolute atomic E-state index is 0.0714. The number of carbonyl (C=O) groups is 1. The van der Waals surface area contributed by atoms with Gasteiger partial charge in [-0.05, 0) is 29.8 Å². The van der Waals surface area contributed by atoms with Crippen molar-refractivity contribution in [3.05, 3.63) is 102 Å². The smallest absolute Gasteiger partial charge is 0.343 e. The maximum atomic E-state index is 12.9. The van der Waals surface area contributed by atoms with E-state index < -0.39 is 16.0 Å². The van der Waals surface area contributed by atoms with E-state index in [1.54, 1.807) is 0 Å². The maximum Gasteiger partial charge on any atom is 0.343 e. The van der Waals surface area contributed by atoms with E-state index in [4.69, 9.17) is 9.84 Å². The molecule has 0 amide bonds. The van der Waals surface area contributed by atoms with E-state index >= 15 is 0 Å². The van der Waals surface area contributed by atoms with Crippen molar-refractivity contribution in [2.24, 2.45) is 0 Å². The van der Waals surface area contributed by atoms with Gasteiger partial charge in [-0.2, -0.15) is 5.10 Å². The van der Waals surface area contributed by atoms with E-state index in [2.05, 4.69) is 9.46 Å². The highest BCUT2D eigenvalue weighted by atomic mass is 32.2. The van der Waals surface area contributed by atoms with Gasteiger partial charge in [-0.15, -0.1) is 0 Å². The first-order chi connectivity index (χ1) is 16.9. The average molecular weight is 492 g/mol. The standard InChI is InChI=1S/C26H25N3O5S/c1-33-25(30)19-34-23-12-14-24(15-13-23)35(31,32)27-16-22-18-29(17-20-8-4-2-5-9-20)28-26(22)21-10-6-3-7-11-21/h2-15,18,27H,16-17,19H2,1H3. The number of hydrogen-bond donors (Lipinski definition) is 1. The van der Waals surface area contributed by atoms with E-state index in [1.165, 1.54) is 31.4 Å². The highest BCUT2D eigenvalue weighted by molar-refractivity contribution is 7.89. The summed E-state index contributed by atoms with van der Waals surface area (Å²) in [6, 6.07) is 25.4. The van der Waals surface area contributed by atoms with Crippen molar-refractivity contribution in [1.82, 2.24) is 14.5 Å². The molecule has 1 N–H and O–H groups in total. The van der Waals surface area contributed by atoms with Crippen LogP contribution in [0.5, 0.6) is 5.75 Å². The molecule has 0 spiro atoms. The van der Waals surface area contributed by atoms with Crippen molar-refractivity contribution in [3.8, 4) is 17.0 Å². The normalized spacial score (nSPS) is 11.2. The summed E-state index contributed by atoms with van der Waals surface area (Å²) in [5.74, 6) is -0.159. The number of rotatable bonds is 10. The van der Waals surface area contributed by atoms with E-state index in [-0.39, 0.29) is 18.0 Å². The number of carbonyl (C=O) groups excluding carboxylic acids is 1. The third-order valence-corrected chi connectivity index (χ3v) is 6.66.